The fraction of sp³-hybridized carbons (Fsp3) is 0.296. The average Bonchev–Trinajstić information content (AvgIpc) is 2.96. The number of amides is 1. The summed E-state index contributed by atoms with van der Waals surface area (Å²) in [5.41, 5.74) is 0.541. The molecule has 1 saturated heterocycles. The highest BCUT2D eigenvalue weighted by Crippen LogP contribution is 2.32. The number of benzene rings is 3. The predicted molar refractivity (Wildman–Crippen MR) is 153 cm³/mol. The molecular weight excluding hydrogens is 578 g/mol. The van der Waals surface area contributed by atoms with E-state index in [-0.39, 0.29) is 21.2 Å². The Kier molecular flexibility index (Phi) is 9.24. The minimum Gasteiger partial charge on any atom is -0.493 e. The van der Waals surface area contributed by atoms with Crippen LogP contribution in [0.25, 0.3) is 0 Å². The van der Waals surface area contributed by atoms with E-state index in [0.29, 0.717) is 29.5 Å². The Labute approximate surface area is 239 Å². The van der Waals surface area contributed by atoms with Gasteiger partial charge in [-0.05, 0) is 73.5 Å². The lowest BCUT2D eigenvalue weighted by atomic mass is 10.2. The molecular formula is C27H30ClN3O7S2. The van der Waals surface area contributed by atoms with Crippen LogP contribution in [-0.2, 0) is 24.8 Å². The number of carbonyl (C=O) groups excluding carboxylic acids is 1. The number of carbonyl (C=O) groups is 1. The third kappa shape index (κ3) is 6.52. The molecule has 1 fully saturated rings. The lowest BCUT2D eigenvalue weighted by Gasteiger charge is -2.26. The first-order valence-electron chi connectivity index (χ1n) is 12.5. The molecule has 214 valence electrons. The number of anilines is 2. The van der Waals surface area contributed by atoms with Crippen molar-refractivity contribution in [2.24, 2.45) is 0 Å². The Morgan fingerprint density at radius 2 is 1.45 bits per heavy atom. The second kappa shape index (κ2) is 12.5. The van der Waals surface area contributed by atoms with Gasteiger partial charge in [-0.1, -0.05) is 18.0 Å². The lowest BCUT2D eigenvalue weighted by Crippen LogP contribution is -2.38. The number of rotatable bonds is 10. The van der Waals surface area contributed by atoms with Crippen LogP contribution in [0.4, 0.5) is 11.4 Å². The van der Waals surface area contributed by atoms with Crippen LogP contribution in [0.15, 0.2) is 76.5 Å². The molecule has 0 radical (unpaired) electrons. The van der Waals surface area contributed by atoms with E-state index < -0.39 is 32.5 Å². The molecule has 0 spiro atoms. The molecule has 3 aromatic rings. The van der Waals surface area contributed by atoms with Crippen molar-refractivity contribution in [2.45, 2.75) is 29.1 Å². The standard InChI is InChI=1S/C27H30ClN3O7S2/c1-37-25-15-14-24(18-26(25)38-2)40(35,36)31(22-10-6-20(28)7-11-22)19-27(32)29-21-8-12-23(13-9-21)39(33,34)30-16-4-3-5-17-30/h6-15,18H,3-5,16-17,19H2,1-2H3,(H,29,32). The van der Waals surface area contributed by atoms with Crippen LogP contribution in [0, 0.1) is 0 Å². The summed E-state index contributed by atoms with van der Waals surface area (Å²) < 4.78 is 66.2. The third-order valence-corrected chi connectivity index (χ3v) is 10.4. The summed E-state index contributed by atoms with van der Waals surface area (Å²) in [6.45, 7) is 0.401. The number of hydrogen-bond acceptors (Lipinski definition) is 7. The summed E-state index contributed by atoms with van der Waals surface area (Å²) in [5.74, 6) is -0.0719. The summed E-state index contributed by atoms with van der Waals surface area (Å²) >= 11 is 6.00. The minimum absolute atomic E-state index is 0.111. The Hall–Kier alpha value is -3.32. The highest BCUT2D eigenvalue weighted by atomic mass is 35.5. The van der Waals surface area contributed by atoms with Gasteiger partial charge in [-0.15, -0.1) is 0 Å². The van der Waals surface area contributed by atoms with Gasteiger partial charge in [0, 0.05) is 29.9 Å². The normalized spacial score (nSPS) is 14.4. The van der Waals surface area contributed by atoms with Gasteiger partial charge in [-0.25, -0.2) is 16.8 Å². The maximum absolute atomic E-state index is 13.7. The van der Waals surface area contributed by atoms with E-state index in [0.717, 1.165) is 23.6 Å². The molecule has 0 aromatic heterocycles. The molecule has 0 bridgehead atoms. The van der Waals surface area contributed by atoms with E-state index in [1.165, 1.54) is 85.3 Å². The zero-order valence-corrected chi connectivity index (χ0v) is 24.4. The Morgan fingerprint density at radius 1 is 0.850 bits per heavy atom. The number of piperidine rings is 1. The molecule has 10 nitrogen and oxygen atoms in total. The van der Waals surface area contributed by atoms with Crippen LogP contribution >= 0.6 is 11.6 Å². The number of ether oxygens (including phenoxy) is 2. The van der Waals surface area contributed by atoms with Crippen LogP contribution in [0.2, 0.25) is 5.02 Å². The first-order valence-corrected chi connectivity index (χ1v) is 15.7. The quantitative estimate of drug-likeness (QED) is 0.363. The molecule has 0 aliphatic carbocycles. The maximum atomic E-state index is 13.7. The van der Waals surface area contributed by atoms with E-state index in [1.807, 2.05) is 0 Å². The van der Waals surface area contributed by atoms with Gasteiger partial charge in [0.15, 0.2) is 11.5 Å². The molecule has 1 heterocycles. The van der Waals surface area contributed by atoms with Crippen molar-refractivity contribution in [3.63, 3.8) is 0 Å². The number of sulfonamides is 2. The molecule has 1 N–H and O–H groups in total. The molecule has 40 heavy (non-hydrogen) atoms. The predicted octanol–water partition coefficient (Wildman–Crippen LogP) is 4.37. The summed E-state index contributed by atoms with van der Waals surface area (Å²) in [7, 11) is -5.04. The summed E-state index contributed by atoms with van der Waals surface area (Å²) in [4.78, 5) is 13.1. The van der Waals surface area contributed by atoms with Gasteiger partial charge in [0.1, 0.15) is 6.54 Å². The fourth-order valence-corrected chi connectivity index (χ4v) is 7.40. The van der Waals surface area contributed by atoms with Gasteiger partial charge < -0.3 is 14.8 Å². The molecule has 4 rings (SSSR count). The average molecular weight is 608 g/mol. The van der Waals surface area contributed by atoms with Crippen LogP contribution in [0.3, 0.4) is 0 Å². The lowest BCUT2D eigenvalue weighted by molar-refractivity contribution is -0.114. The van der Waals surface area contributed by atoms with Gasteiger partial charge >= 0.3 is 0 Å². The molecule has 13 heteroatoms. The summed E-state index contributed by atoms with van der Waals surface area (Å²) in [6, 6.07) is 16.0. The van der Waals surface area contributed by atoms with E-state index in [2.05, 4.69) is 5.32 Å². The van der Waals surface area contributed by atoms with Gasteiger partial charge in [0.2, 0.25) is 15.9 Å². The Bertz CT molecular complexity index is 1560. The van der Waals surface area contributed by atoms with Crippen molar-refractivity contribution >= 4 is 48.9 Å². The number of hydrogen-bond donors (Lipinski definition) is 1. The Morgan fingerprint density at radius 3 is 2.05 bits per heavy atom. The van der Waals surface area contributed by atoms with Crippen molar-refractivity contribution in [1.29, 1.82) is 0 Å². The zero-order chi connectivity index (χ0) is 28.9. The van der Waals surface area contributed by atoms with Crippen molar-refractivity contribution in [3.8, 4) is 11.5 Å². The first kappa shape index (κ1) is 29.7. The molecule has 0 saturated carbocycles. The summed E-state index contributed by atoms with van der Waals surface area (Å²) in [6.07, 6.45) is 2.65. The maximum Gasteiger partial charge on any atom is 0.264 e. The van der Waals surface area contributed by atoms with Crippen molar-refractivity contribution in [2.75, 3.05) is 43.5 Å². The van der Waals surface area contributed by atoms with Gasteiger partial charge in [-0.3, -0.25) is 9.10 Å². The largest absolute Gasteiger partial charge is 0.493 e. The van der Waals surface area contributed by atoms with Crippen molar-refractivity contribution in [3.05, 3.63) is 71.8 Å². The number of nitrogens with one attached hydrogen (secondary N) is 1. The second-order valence-corrected chi connectivity index (χ2v) is 13.3. The highest BCUT2D eigenvalue weighted by Gasteiger charge is 2.29. The zero-order valence-electron chi connectivity index (χ0n) is 22.0. The van der Waals surface area contributed by atoms with Gasteiger partial charge in [-0.2, -0.15) is 4.31 Å². The van der Waals surface area contributed by atoms with Crippen LogP contribution < -0.4 is 19.1 Å². The van der Waals surface area contributed by atoms with E-state index in [1.54, 1.807) is 0 Å². The monoisotopic (exact) mass is 607 g/mol. The van der Waals surface area contributed by atoms with E-state index >= 15 is 0 Å². The SMILES string of the molecule is COc1ccc(S(=O)(=O)N(CC(=O)Nc2ccc(S(=O)(=O)N3CCCCC3)cc2)c2ccc(Cl)cc2)cc1OC. The molecule has 1 amide bonds. The summed E-state index contributed by atoms with van der Waals surface area (Å²) in [5, 5.41) is 3.05. The topological polar surface area (TPSA) is 122 Å². The number of methoxy groups -OCH3 is 2. The van der Waals surface area contributed by atoms with E-state index in [9.17, 15) is 21.6 Å². The molecule has 0 unspecified atom stereocenters. The number of halogens is 1. The fourth-order valence-electron chi connectivity index (χ4n) is 4.32. The molecule has 1 aliphatic rings. The molecule has 1 aliphatic heterocycles. The number of nitrogens with zero attached hydrogens (tertiary/aromatic N) is 2. The third-order valence-electron chi connectivity index (χ3n) is 6.44. The first-order chi connectivity index (χ1) is 19.1. The second-order valence-electron chi connectivity index (χ2n) is 9.04. The van der Waals surface area contributed by atoms with Crippen molar-refractivity contribution < 1.29 is 31.1 Å². The van der Waals surface area contributed by atoms with Crippen LogP contribution in [0.1, 0.15) is 19.3 Å². The Balaban J connectivity index is 1.57. The molecule has 3 aromatic carbocycles. The van der Waals surface area contributed by atoms with Crippen LogP contribution in [-0.4, -0.2) is 60.9 Å². The smallest absolute Gasteiger partial charge is 0.264 e. The van der Waals surface area contributed by atoms with Gasteiger partial charge in [0.05, 0.1) is 29.7 Å². The van der Waals surface area contributed by atoms with Gasteiger partial charge in [0.25, 0.3) is 10.0 Å². The van der Waals surface area contributed by atoms with Crippen molar-refractivity contribution in [1.82, 2.24) is 4.31 Å². The van der Waals surface area contributed by atoms with E-state index in [4.69, 9.17) is 21.1 Å². The minimum atomic E-state index is -4.24. The highest BCUT2D eigenvalue weighted by molar-refractivity contribution is 7.92. The van der Waals surface area contributed by atoms with Crippen LogP contribution in [0.5, 0.6) is 11.5 Å². The molecule has 0 atom stereocenters.